The Morgan fingerprint density at radius 2 is 2.03 bits per heavy atom. The van der Waals surface area contributed by atoms with Crippen molar-refractivity contribution in [1.82, 2.24) is 34.1 Å². The number of nitrogens with one attached hydrogen (secondary N) is 1. The van der Waals surface area contributed by atoms with Crippen molar-refractivity contribution < 1.29 is 26.7 Å². The van der Waals surface area contributed by atoms with E-state index in [0.29, 0.717) is 33.7 Å². The molecule has 3 aromatic heterocycles. The molecular formula is C23H24F2N8O4S. The van der Waals surface area contributed by atoms with E-state index in [-0.39, 0.29) is 25.7 Å². The van der Waals surface area contributed by atoms with E-state index in [2.05, 4.69) is 25.8 Å². The fourth-order valence-electron chi connectivity index (χ4n) is 3.97. The summed E-state index contributed by atoms with van der Waals surface area (Å²) in [6, 6.07) is 8.50. The number of alkyl halides is 2. The molecule has 4 heterocycles. The summed E-state index contributed by atoms with van der Waals surface area (Å²) in [6.07, 6.45) is 1.66. The number of pyridine rings is 1. The van der Waals surface area contributed by atoms with Crippen molar-refractivity contribution >= 4 is 27.1 Å². The summed E-state index contributed by atoms with van der Waals surface area (Å²) < 4.78 is 55.8. The lowest BCUT2D eigenvalue weighted by Crippen LogP contribution is -2.50. The minimum Gasteiger partial charge on any atom is -0.371 e. The van der Waals surface area contributed by atoms with Crippen LogP contribution in [0.25, 0.3) is 16.9 Å². The Balaban J connectivity index is 1.31. The summed E-state index contributed by atoms with van der Waals surface area (Å²) >= 11 is 0. The van der Waals surface area contributed by atoms with Gasteiger partial charge >= 0.3 is 0 Å². The molecule has 1 aromatic carbocycles. The largest absolute Gasteiger partial charge is 0.371 e. The Labute approximate surface area is 216 Å². The topological polar surface area (TPSA) is 137 Å². The van der Waals surface area contributed by atoms with Gasteiger partial charge in [0.05, 0.1) is 30.1 Å². The number of nitrogens with zero attached hydrogens (tertiary/aromatic N) is 7. The molecule has 0 radical (unpaired) electrons. The number of anilines is 1. The first-order chi connectivity index (χ1) is 18.1. The summed E-state index contributed by atoms with van der Waals surface area (Å²) in [5, 5.41) is 19.6. The molecule has 1 aliphatic heterocycles. The van der Waals surface area contributed by atoms with E-state index in [9.17, 15) is 22.0 Å². The van der Waals surface area contributed by atoms with Gasteiger partial charge in [-0.2, -0.15) is 14.2 Å². The van der Waals surface area contributed by atoms with E-state index in [1.54, 1.807) is 30.5 Å². The molecule has 38 heavy (non-hydrogen) atoms. The quantitative estimate of drug-likeness (QED) is 0.337. The Morgan fingerprint density at radius 1 is 1.24 bits per heavy atom. The zero-order chi connectivity index (χ0) is 27.0. The summed E-state index contributed by atoms with van der Waals surface area (Å²) in [5.74, 6) is -0.0689. The van der Waals surface area contributed by atoms with E-state index in [0.717, 1.165) is 11.8 Å². The van der Waals surface area contributed by atoms with E-state index >= 15 is 0 Å². The van der Waals surface area contributed by atoms with Gasteiger partial charge < -0.3 is 10.1 Å². The summed E-state index contributed by atoms with van der Waals surface area (Å²) in [4.78, 5) is 14.6. The average molecular weight is 547 g/mol. The predicted octanol–water partition coefficient (Wildman–Crippen LogP) is 2.15. The van der Waals surface area contributed by atoms with Gasteiger partial charge in [-0.05, 0) is 41.5 Å². The molecule has 1 fully saturated rings. The van der Waals surface area contributed by atoms with Crippen LogP contribution < -0.4 is 5.32 Å². The number of carbonyl (C=O) groups is 1. The second-order valence-electron chi connectivity index (χ2n) is 8.98. The average Bonchev–Trinajstić information content (AvgIpc) is 3.46. The Morgan fingerprint density at radius 3 is 2.76 bits per heavy atom. The Kier molecular flexibility index (Phi) is 6.90. The molecule has 1 aliphatic rings. The summed E-state index contributed by atoms with van der Waals surface area (Å²) in [7, 11) is -3.25. The van der Waals surface area contributed by atoms with Gasteiger partial charge in [0.2, 0.25) is 15.8 Å². The van der Waals surface area contributed by atoms with Crippen LogP contribution >= 0.6 is 0 Å². The van der Waals surface area contributed by atoms with E-state index < -0.39 is 29.0 Å². The molecule has 1 saturated heterocycles. The number of halogens is 2. The van der Waals surface area contributed by atoms with E-state index in [1.165, 1.54) is 19.8 Å². The van der Waals surface area contributed by atoms with Gasteiger partial charge in [0.25, 0.3) is 12.3 Å². The highest BCUT2D eigenvalue weighted by Crippen LogP contribution is 2.26. The zero-order valence-corrected chi connectivity index (χ0v) is 21.3. The molecule has 200 valence electrons. The maximum absolute atomic E-state index is 13.2. The second kappa shape index (κ2) is 10.2. The molecule has 0 aliphatic carbocycles. The van der Waals surface area contributed by atoms with Crippen LogP contribution in [-0.2, 0) is 21.4 Å². The lowest BCUT2D eigenvalue weighted by Gasteiger charge is -2.35. The number of carbonyl (C=O) groups excluding carboxylic acids is 1. The maximum Gasteiger partial charge on any atom is 0.261 e. The Hall–Kier alpha value is -3.82. The van der Waals surface area contributed by atoms with Crippen molar-refractivity contribution in [3.8, 4) is 11.4 Å². The van der Waals surface area contributed by atoms with Gasteiger partial charge in [-0.15, -0.1) is 10.2 Å². The second-order valence-corrected chi connectivity index (χ2v) is 11.0. The van der Waals surface area contributed by atoms with Gasteiger partial charge in [-0.3, -0.25) is 4.79 Å². The van der Waals surface area contributed by atoms with Gasteiger partial charge in [0.1, 0.15) is 12.6 Å². The van der Waals surface area contributed by atoms with E-state index in [1.807, 2.05) is 13.0 Å². The van der Waals surface area contributed by atoms with Crippen molar-refractivity contribution in [2.75, 3.05) is 31.3 Å². The normalized spacial score (nSPS) is 14.8. The number of tetrazole rings is 1. The highest BCUT2D eigenvalue weighted by molar-refractivity contribution is 7.88. The number of hydrogen-bond acceptors (Lipinski definition) is 8. The molecule has 5 rings (SSSR count). The minimum atomic E-state index is -3.25. The molecule has 1 N–H and O–H groups in total. The third kappa shape index (κ3) is 5.39. The molecule has 0 spiro atoms. The van der Waals surface area contributed by atoms with Gasteiger partial charge in [0, 0.05) is 30.5 Å². The summed E-state index contributed by atoms with van der Waals surface area (Å²) in [6.45, 7) is 1.71. The van der Waals surface area contributed by atoms with Crippen LogP contribution in [0, 0.1) is 6.92 Å². The first-order valence-electron chi connectivity index (χ1n) is 11.6. The molecular weight excluding hydrogens is 522 g/mol. The van der Waals surface area contributed by atoms with Crippen molar-refractivity contribution in [2.45, 2.75) is 26.0 Å². The van der Waals surface area contributed by atoms with Crippen LogP contribution in [0.15, 0.2) is 42.7 Å². The standard InChI is InChI=1S/C23H24F2N8O4S/c1-14-3-4-16(22-28-30-33(29-22)17-10-31(11-17)38(2,35)36)8-19(14)27-23(34)18-9-26-32-6-5-15(7-20(18)32)12-37-13-21(24)25/h3-9,17,21H,10-13H2,1-2H3,(H,27,34). The number of ether oxygens (including phenoxy) is 1. The van der Waals surface area contributed by atoms with Gasteiger partial charge in [-0.25, -0.2) is 21.7 Å². The highest BCUT2D eigenvalue weighted by atomic mass is 32.2. The van der Waals surface area contributed by atoms with Crippen LogP contribution in [-0.4, -0.2) is 80.8 Å². The number of hydrogen-bond donors (Lipinski definition) is 1. The van der Waals surface area contributed by atoms with Crippen LogP contribution in [0.4, 0.5) is 14.5 Å². The van der Waals surface area contributed by atoms with Crippen LogP contribution in [0.1, 0.15) is 27.5 Å². The minimum absolute atomic E-state index is 0.0188. The monoisotopic (exact) mass is 546 g/mol. The number of fused-ring (bicyclic) bond motifs is 1. The number of aromatic nitrogens is 6. The number of sulfonamides is 1. The Bertz CT molecular complexity index is 1600. The number of benzene rings is 1. The number of rotatable bonds is 9. The van der Waals surface area contributed by atoms with Crippen LogP contribution in [0.2, 0.25) is 0 Å². The van der Waals surface area contributed by atoms with Crippen molar-refractivity contribution in [2.24, 2.45) is 0 Å². The zero-order valence-electron chi connectivity index (χ0n) is 20.5. The molecule has 4 aromatic rings. The summed E-state index contributed by atoms with van der Waals surface area (Å²) in [5.41, 5.74) is 3.39. The van der Waals surface area contributed by atoms with Crippen molar-refractivity contribution in [1.29, 1.82) is 0 Å². The van der Waals surface area contributed by atoms with Gasteiger partial charge in [0.15, 0.2) is 0 Å². The van der Waals surface area contributed by atoms with E-state index in [4.69, 9.17) is 4.74 Å². The first-order valence-corrected chi connectivity index (χ1v) is 13.4. The van der Waals surface area contributed by atoms with Crippen LogP contribution in [0.5, 0.6) is 0 Å². The van der Waals surface area contributed by atoms with Crippen LogP contribution in [0.3, 0.4) is 0 Å². The molecule has 12 nitrogen and oxygen atoms in total. The molecule has 15 heteroatoms. The molecule has 0 bridgehead atoms. The fourth-order valence-corrected chi connectivity index (χ4v) is 4.86. The first kappa shape index (κ1) is 25.8. The number of aryl methyl sites for hydroxylation is 1. The molecule has 0 saturated carbocycles. The number of amides is 1. The lowest BCUT2D eigenvalue weighted by molar-refractivity contribution is 0.00988. The third-order valence-electron chi connectivity index (χ3n) is 6.14. The SMILES string of the molecule is Cc1ccc(-c2nnn(C3CN(S(C)(=O)=O)C3)n2)cc1NC(=O)c1cnn2ccc(COCC(F)F)cc12. The van der Waals surface area contributed by atoms with Crippen molar-refractivity contribution in [3.05, 3.63) is 59.4 Å². The third-order valence-corrected chi connectivity index (χ3v) is 7.38. The highest BCUT2D eigenvalue weighted by Gasteiger charge is 2.36. The smallest absolute Gasteiger partial charge is 0.261 e. The molecule has 1 amide bonds. The van der Waals surface area contributed by atoms with Gasteiger partial charge in [-0.1, -0.05) is 12.1 Å². The maximum atomic E-state index is 13.2. The predicted molar refractivity (Wildman–Crippen MR) is 132 cm³/mol. The fraction of sp³-hybridized carbons (Fsp3) is 0.348. The molecule has 0 unspecified atom stereocenters. The lowest BCUT2D eigenvalue weighted by atomic mass is 10.1. The molecule has 0 atom stereocenters. The van der Waals surface area contributed by atoms with Crippen molar-refractivity contribution in [3.63, 3.8) is 0 Å².